The molecule has 500 valence electrons. The van der Waals surface area contributed by atoms with Crippen molar-refractivity contribution in [1.29, 1.82) is 0 Å². The first-order chi connectivity index (χ1) is 47.2. The van der Waals surface area contributed by atoms with Crippen LogP contribution in [0.25, 0.3) is 55.0 Å². The maximum Gasteiger partial charge on any atom is 0.252 e. The molecule has 8 heteroatoms. The summed E-state index contributed by atoms with van der Waals surface area (Å²) in [6, 6.07) is 84.6. The molecule has 2 aromatic heterocycles. The highest BCUT2D eigenvalue weighted by molar-refractivity contribution is 7.00. The van der Waals surface area contributed by atoms with Crippen molar-refractivity contribution in [3.63, 3.8) is 0 Å². The summed E-state index contributed by atoms with van der Waals surface area (Å²) in [5, 5.41) is 2.67. The topological polar surface area (TPSA) is 53.7 Å². The molecule has 13 aromatic rings. The monoisotopic (exact) mass is 1310 g/mol. The van der Waals surface area contributed by atoms with E-state index in [9.17, 15) is 9.59 Å². The third-order valence-corrected chi connectivity index (χ3v) is 21.2. The number of rotatable bonds is 7. The van der Waals surface area contributed by atoms with Crippen LogP contribution in [0.5, 0.6) is 0 Å². The number of pyridine rings is 2. The molecule has 0 fully saturated rings. The van der Waals surface area contributed by atoms with Crippen molar-refractivity contribution in [3.8, 4) is 11.4 Å². The van der Waals surface area contributed by atoms with E-state index in [1.165, 1.54) is 38.8 Å². The molecule has 0 saturated carbocycles. The van der Waals surface area contributed by atoms with Crippen LogP contribution in [0.2, 0.25) is 0 Å². The number of nitrogens with zero attached hydrogens (tertiary/aromatic N) is 5. The number of hydrogen-bond donors (Lipinski definition) is 0. The predicted molar refractivity (Wildman–Crippen MR) is 429 cm³/mol. The van der Waals surface area contributed by atoms with Gasteiger partial charge in [0.05, 0.1) is 27.8 Å². The molecule has 0 aliphatic carbocycles. The Bertz CT molecular complexity index is 5090. The van der Waals surface area contributed by atoms with Crippen molar-refractivity contribution < 1.29 is 0 Å². The normalized spacial score (nSPS) is 13.5. The summed E-state index contributed by atoms with van der Waals surface area (Å²) < 4.78 is 4.60. The summed E-state index contributed by atoms with van der Waals surface area (Å²) in [4.78, 5) is 36.9. The molecule has 11 aromatic carbocycles. The molecule has 100 heavy (non-hydrogen) atoms. The molecule has 2 aliphatic heterocycles. The van der Waals surface area contributed by atoms with E-state index in [1.54, 1.807) is 0 Å². The van der Waals surface area contributed by atoms with Gasteiger partial charge in [-0.25, -0.2) is 0 Å². The first-order valence-electron chi connectivity index (χ1n) is 35.7. The molecule has 7 nitrogen and oxygen atoms in total. The molecule has 0 amide bonds. The maximum atomic E-state index is 14.6. The fourth-order valence-corrected chi connectivity index (χ4v) is 15.3. The zero-order chi connectivity index (χ0) is 70.7. The Hall–Kier alpha value is -10.2. The van der Waals surface area contributed by atoms with Gasteiger partial charge in [-0.2, -0.15) is 0 Å². The van der Waals surface area contributed by atoms with Crippen LogP contribution in [-0.4, -0.2) is 15.8 Å². The van der Waals surface area contributed by atoms with E-state index in [2.05, 4.69) is 306 Å². The highest BCUT2D eigenvalue weighted by Gasteiger charge is 2.45. The fourth-order valence-electron chi connectivity index (χ4n) is 15.3. The highest BCUT2D eigenvalue weighted by Crippen LogP contribution is 2.51. The molecular formula is C92H92BN5O2. The predicted octanol–water partition coefficient (Wildman–Crippen LogP) is 21.9. The summed E-state index contributed by atoms with van der Waals surface area (Å²) >= 11 is 0. The van der Waals surface area contributed by atoms with Crippen molar-refractivity contribution in [3.05, 3.63) is 284 Å². The third-order valence-electron chi connectivity index (χ3n) is 21.2. The van der Waals surface area contributed by atoms with Gasteiger partial charge in [0.25, 0.3) is 6.71 Å². The lowest BCUT2D eigenvalue weighted by atomic mass is 9.33. The van der Waals surface area contributed by atoms with Gasteiger partial charge in [-0.05, 0) is 216 Å². The second kappa shape index (κ2) is 23.2. The van der Waals surface area contributed by atoms with E-state index in [-0.39, 0.29) is 50.1 Å². The highest BCUT2D eigenvalue weighted by atomic mass is 16.1. The lowest BCUT2D eigenvalue weighted by Gasteiger charge is -2.46. The number of aromatic nitrogens is 2. The van der Waals surface area contributed by atoms with Gasteiger partial charge in [0.15, 0.2) is 10.9 Å². The van der Waals surface area contributed by atoms with Crippen molar-refractivity contribution in [1.82, 2.24) is 9.13 Å². The molecule has 0 unspecified atom stereocenters. The third kappa shape index (κ3) is 11.1. The number of benzene rings is 11. The van der Waals surface area contributed by atoms with Crippen LogP contribution >= 0.6 is 0 Å². The second-order valence-corrected chi connectivity index (χ2v) is 34.4. The van der Waals surface area contributed by atoms with E-state index >= 15 is 0 Å². The summed E-state index contributed by atoms with van der Waals surface area (Å²) in [5.41, 5.74) is 24.6. The first-order valence-corrected chi connectivity index (χ1v) is 35.7. The van der Waals surface area contributed by atoms with Crippen molar-refractivity contribution in [2.75, 3.05) is 14.7 Å². The Kier molecular flexibility index (Phi) is 15.3. The molecule has 4 heterocycles. The van der Waals surface area contributed by atoms with Crippen LogP contribution in [0.15, 0.2) is 240 Å². The summed E-state index contributed by atoms with van der Waals surface area (Å²) in [7, 11) is 0. The Balaban J connectivity index is 1.14. The Labute approximate surface area is 591 Å². The van der Waals surface area contributed by atoms with Crippen molar-refractivity contribution >= 4 is 118 Å². The van der Waals surface area contributed by atoms with Crippen LogP contribution < -0.4 is 41.9 Å². The van der Waals surface area contributed by atoms with Crippen molar-refractivity contribution in [2.24, 2.45) is 0 Å². The fraction of sp³-hybridized carbons (Fsp3) is 0.261. The first kappa shape index (κ1) is 65.7. The van der Waals surface area contributed by atoms with Crippen LogP contribution in [0.3, 0.4) is 0 Å². The van der Waals surface area contributed by atoms with Crippen LogP contribution in [0, 0.1) is 0 Å². The average Bonchev–Trinajstić information content (AvgIpc) is 0.686. The molecule has 15 rings (SSSR count). The number of fused-ring (bicyclic) bond motifs is 8. The largest absolute Gasteiger partial charge is 0.311 e. The molecule has 0 bridgehead atoms. The Morgan fingerprint density at radius 2 is 0.560 bits per heavy atom. The molecule has 0 N–H and O–H groups in total. The van der Waals surface area contributed by atoms with E-state index in [4.69, 9.17) is 0 Å². The molecule has 0 atom stereocenters. The Morgan fingerprint density at radius 1 is 0.270 bits per heavy atom. The van der Waals surface area contributed by atoms with Gasteiger partial charge in [-0.1, -0.05) is 222 Å². The van der Waals surface area contributed by atoms with E-state index in [0.29, 0.717) is 21.5 Å². The molecular weight excluding hydrogens is 1220 g/mol. The molecule has 0 saturated heterocycles. The van der Waals surface area contributed by atoms with Gasteiger partial charge < -0.3 is 23.8 Å². The average molecular weight is 1310 g/mol. The zero-order valence-corrected chi connectivity index (χ0v) is 61.6. The summed E-state index contributed by atoms with van der Waals surface area (Å²) in [6.45, 7) is 41.4. The van der Waals surface area contributed by atoms with E-state index in [1.807, 2.05) is 72.8 Å². The molecule has 2 aliphatic rings. The van der Waals surface area contributed by atoms with Crippen LogP contribution in [0.1, 0.15) is 158 Å². The summed E-state index contributed by atoms with van der Waals surface area (Å²) in [6.07, 6.45) is 0. The van der Waals surface area contributed by atoms with Gasteiger partial charge >= 0.3 is 0 Å². The SMILES string of the molecule is CC(C)(C)c1ccc(N(c2ccc(C(C)(C)C)cc2)c2cc3c4c(c2)N(c2cc(C(C)(C)C)cc(C(C)(C)C)c2)c2cc(-n5c6ccccc6c(=O)c6ccccc65)ccc2B4c2ccc(-n4c5ccccc5c(=O)c5ccccc54)cc2N3c2cc(C(C)(C)C)cc(C(C)(C)C)c2)cc1. The Morgan fingerprint density at radius 3 is 0.850 bits per heavy atom. The number of hydrogen-bond acceptors (Lipinski definition) is 5. The van der Waals surface area contributed by atoms with E-state index < -0.39 is 0 Å². The maximum absolute atomic E-state index is 14.6. The summed E-state index contributed by atoms with van der Waals surface area (Å²) in [5.74, 6) is 0. The minimum absolute atomic E-state index is 0.0175. The van der Waals surface area contributed by atoms with Gasteiger partial charge in [-0.3, -0.25) is 9.59 Å². The molecule has 0 spiro atoms. The van der Waals surface area contributed by atoms with Gasteiger partial charge in [0.2, 0.25) is 0 Å². The van der Waals surface area contributed by atoms with Crippen molar-refractivity contribution in [2.45, 2.75) is 157 Å². The van der Waals surface area contributed by atoms with Gasteiger partial charge in [0, 0.05) is 78.4 Å². The van der Waals surface area contributed by atoms with Gasteiger partial charge in [-0.15, -0.1) is 0 Å². The zero-order valence-electron chi connectivity index (χ0n) is 61.6. The van der Waals surface area contributed by atoms with Crippen LogP contribution in [0.4, 0.5) is 51.2 Å². The lowest BCUT2D eigenvalue weighted by molar-refractivity contribution is 0.568. The van der Waals surface area contributed by atoms with Gasteiger partial charge in [0.1, 0.15) is 0 Å². The van der Waals surface area contributed by atoms with Crippen LogP contribution in [-0.2, 0) is 32.5 Å². The molecule has 0 radical (unpaired) electrons. The minimum atomic E-state index is -0.309. The lowest BCUT2D eigenvalue weighted by Crippen LogP contribution is -2.61. The number of para-hydroxylation sites is 4. The quantitative estimate of drug-likeness (QED) is 0.118. The smallest absolute Gasteiger partial charge is 0.252 e. The standard InChI is InChI=1S/C92H92BN5O2/c1-87(2,3)57-35-39-63(40-36-57)94(64-41-37-58(38-42-64)88(4,5)6)69-55-82-84-83(56-69)98(68-51-61(91(13,14)15)48-62(52-68)92(16,17)18)81-54-66(96-78-33-25-21-29-72(78)86(100)73-30-22-26-34-79(73)96)44-46-75(81)93(84)74-45-43-65(95-76-31-23-19-27-70(76)85(99)71-28-20-24-32-77(71)95)53-80(74)97(82)67-49-59(89(7,8)9)47-60(50-67)90(10,11)12/h19-56H,1-18H3. The van der Waals surface area contributed by atoms with E-state index in [0.717, 1.165) is 95.6 Å². The number of anilines is 9. The second-order valence-electron chi connectivity index (χ2n) is 34.4. The minimum Gasteiger partial charge on any atom is -0.311 e.